The van der Waals surface area contributed by atoms with Crippen LogP contribution in [-0.4, -0.2) is 24.0 Å². The summed E-state index contributed by atoms with van der Waals surface area (Å²) in [5.74, 6) is -0.850. The summed E-state index contributed by atoms with van der Waals surface area (Å²) in [6, 6.07) is 8.73. The highest BCUT2D eigenvalue weighted by molar-refractivity contribution is 7.14. The van der Waals surface area contributed by atoms with Gasteiger partial charge in [-0.1, -0.05) is 12.1 Å². The Bertz CT molecular complexity index is 911. The molecule has 3 aromatic rings. The molecule has 0 radical (unpaired) electrons. The van der Waals surface area contributed by atoms with Crippen molar-refractivity contribution in [3.8, 4) is 10.6 Å². The molecular formula is C19H15NO4S2. The Morgan fingerprint density at radius 3 is 2.65 bits per heavy atom. The van der Waals surface area contributed by atoms with Crippen molar-refractivity contribution < 1.29 is 19.1 Å². The van der Waals surface area contributed by atoms with Crippen LogP contribution >= 0.6 is 22.7 Å². The van der Waals surface area contributed by atoms with Gasteiger partial charge in [-0.3, -0.25) is 0 Å². The van der Waals surface area contributed by atoms with E-state index >= 15 is 0 Å². The average molecular weight is 385 g/mol. The molecule has 5 nitrogen and oxygen atoms in total. The van der Waals surface area contributed by atoms with Gasteiger partial charge in [0.25, 0.3) is 0 Å². The molecule has 0 atom stereocenters. The molecule has 0 spiro atoms. The third kappa shape index (κ3) is 4.65. The van der Waals surface area contributed by atoms with E-state index in [0.29, 0.717) is 5.56 Å². The number of benzene rings is 1. The molecule has 0 amide bonds. The zero-order chi connectivity index (χ0) is 18.4. The Kier molecular flexibility index (Phi) is 5.93. The highest BCUT2D eigenvalue weighted by Crippen LogP contribution is 2.25. The molecule has 0 fully saturated rings. The van der Waals surface area contributed by atoms with E-state index in [0.717, 1.165) is 21.8 Å². The molecule has 0 saturated carbocycles. The van der Waals surface area contributed by atoms with Gasteiger partial charge in [-0.25, -0.2) is 14.6 Å². The summed E-state index contributed by atoms with van der Waals surface area (Å²) in [7, 11) is 1.33. The van der Waals surface area contributed by atoms with Crippen LogP contribution in [0.2, 0.25) is 0 Å². The van der Waals surface area contributed by atoms with Crippen LogP contribution in [-0.2, 0) is 20.9 Å². The first kappa shape index (κ1) is 18.0. The first-order valence-electron chi connectivity index (χ1n) is 7.66. The van der Waals surface area contributed by atoms with Crippen molar-refractivity contribution >= 4 is 40.7 Å². The van der Waals surface area contributed by atoms with E-state index < -0.39 is 11.9 Å². The van der Waals surface area contributed by atoms with Crippen molar-refractivity contribution in [2.24, 2.45) is 0 Å². The molecule has 26 heavy (non-hydrogen) atoms. The molecule has 0 N–H and O–H groups in total. The highest BCUT2D eigenvalue weighted by atomic mass is 32.1. The number of carbonyl (C=O) groups is 2. The highest BCUT2D eigenvalue weighted by Gasteiger charge is 2.07. The lowest BCUT2D eigenvalue weighted by Crippen LogP contribution is -2.01. The summed E-state index contributed by atoms with van der Waals surface area (Å²) in [4.78, 5) is 27.7. The third-order valence-electron chi connectivity index (χ3n) is 3.43. The van der Waals surface area contributed by atoms with E-state index in [1.54, 1.807) is 41.7 Å². The monoisotopic (exact) mass is 385 g/mol. The number of thiazole rings is 1. The Morgan fingerprint density at radius 1 is 1.15 bits per heavy atom. The second-order valence-electron chi connectivity index (χ2n) is 5.21. The van der Waals surface area contributed by atoms with Crippen LogP contribution in [0, 0.1) is 0 Å². The van der Waals surface area contributed by atoms with Crippen LogP contribution in [0.5, 0.6) is 0 Å². The minimum atomic E-state index is -0.452. The zero-order valence-corrected chi connectivity index (χ0v) is 15.5. The molecular weight excluding hydrogens is 370 g/mol. The van der Waals surface area contributed by atoms with E-state index in [-0.39, 0.29) is 6.61 Å². The third-order valence-corrected chi connectivity index (χ3v) is 5.05. The lowest BCUT2D eigenvalue weighted by molar-refractivity contribution is -0.139. The van der Waals surface area contributed by atoms with Crippen molar-refractivity contribution in [1.29, 1.82) is 0 Å². The van der Waals surface area contributed by atoms with Gasteiger partial charge in [0.15, 0.2) is 0 Å². The SMILES string of the molecule is COC(=O)c1ccc(/C=C/C(=O)OCc2csc(-c3ccsc3)n2)cc1. The molecule has 0 aliphatic carbocycles. The van der Waals surface area contributed by atoms with Gasteiger partial charge in [0.2, 0.25) is 0 Å². The molecule has 1 aromatic carbocycles. The van der Waals surface area contributed by atoms with Crippen LogP contribution in [0.25, 0.3) is 16.6 Å². The molecule has 0 aliphatic heterocycles. The summed E-state index contributed by atoms with van der Waals surface area (Å²) in [5, 5.41) is 6.83. The average Bonchev–Trinajstić information content (AvgIpc) is 3.36. The predicted molar refractivity (Wildman–Crippen MR) is 102 cm³/mol. The van der Waals surface area contributed by atoms with Crippen LogP contribution in [0.3, 0.4) is 0 Å². The van der Waals surface area contributed by atoms with E-state index in [9.17, 15) is 9.59 Å². The molecule has 0 aliphatic rings. The van der Waals surface area contributed by atoms with Crippen molar-refractivity contribution in [2.75, 3.05) is 7.11 Å². The molecule has 0 bridgehead atoms. The maximum absolute atomic E-state index is 11.8. The number of carbonyl (C=O) groups excluding carboxylic acids is 2. The van der Waals surface area contributed by atoms with Gasteiger partial charge < -0.3 is 9.47 Å². The standard InChI is InChI=1S/C19H15NO4S2/c1-23-19(22)14-5-2-13(3-6-14)4-7-17(21)24-10-16-12-26-18(20-16)15-8-9-25-11-15/h2-9,11-12H,10H2,1H3/b7-4+. The quantitative estimate of drug-likeness (QED) is 0.464. The molecule has 2 aromatic heterocycles. The normalized spacial score (nSPS) is 10.8. The van der Waals surface area contributed by atoms with Crippen LogP contribution in [0.4, 0.5) is 0 Å². The van der Waals surface area contributed by atoms with Crippen LogP contribution in [0.1, 0.15) is 21.6 Å². The molecule has 2 heterocycles. The van der Waals surface area contributed by atoms with Gasteiger partial charge in [0.05, 0.1) is 18.4 Å². The zero-order valence-electron chi connectivity index (χ0n) is 13.9. The van der Waals surface area contributed by atoms with Gasteiger partial charge in [-0.15, -0.1) is 11.3 Å². The van der Waals surface area contributed by atoms with Crippen molar-refractivity contribution in [1.82, 2.24) is 4.98 Å². The van der Waals surface area contributed by atoms with Crippen molar-refractivity contribution in [2.45, 2.75) is 6.61 Å². The lowest BCUT2D eigenvalue weighted by atomic mass is 10.1. The second-order valence-corrected chi connectivity index (χ2v) is 6.85. The summed E-state index contributed by atoms with van der Waals surface area (Å²) in [6.07, 6.45) is 2.97. The molecule has 0 saturated heterocycles. The second kappa shape index (κ2) is 8.55. The van der Waals surface area contributed by atoms with Gasteiger partial charge in [-0.2, -0.15) is 11.3 Å². The fourth-order valence-electron chi connectivity index (χ4n) is 2.10. The number of hydrogen-bond donors (Lipinski definition) is 0. The summed E-state index contributed by atoms with van der Waals surface area (Å²) in [5.41, 5.74) is 3.04. The van der Waals surface area contributed by atoms with Gasteiger partial charge in [0.1, 0.15) is 11.6 Å². The number of rotatable bonds is 6. The number of aromatic nitrogens is 1. The first-order valence-corrected chi connectivity index (χ1v) is 9.48. The molecule has 7 heteroatoms. The predicted octanol–water partition coefficient (Wildman–Crippen LogP) is 4.41. The van der Waals surface area contributed by atoms with Crippen LogP contribution in [0.15, 0.2) is 52.5 Å². The number of hydrogen-bond acceptors (Lipinski definition) is 7. The smallest absolute Gasteiger partial charge is 0.337 e. The van der Waals surface area contributed by atoms with E-state index in [1.165, 1.54) is 24.5 Å². The first-order chi connectivity index (χ1) is 12.7. The lowest BCUT2D eigenvalue weighted by Gasteiger charge is -2.00. The van der Waals surface area contributed by atoms with E-state index in [4.69, 9.17) is 4.74 Å². The van der Waals surface area contributed by atoms with Gasteiger partial charge in [-0.05, 0) is 35.2 Å². The summed E-state index contributed by atoms with van der Waals surface area (Å²) >= 11 is 3.14. The fraction of sp³-hybridized carbons (Fsp3) is 0.105. The Hall–Kier alpha value is -2.77. The van der Waals surface area contributed by atoms with E-state index in [1.807, 2.05) is 22.2 Å². The Labute approximate surface area is 158 Å². The number of methoxy groups -OCH3 is 1. The number of ether oxygens (including phenoxy) is 2. The van der Waals surface area contributed by atoms with Gasteiger partial charge in [0, 0.05) is 22.4 Å². The maximum atomic E-state index is 11.8. The molecule has 0 unspecified atom stereocenters. The van der Waals surface area contributed by atoms with Crippen molar-refractivity contribution in [3.05, 3.63) is 69.4 Å². The summed E-state index contributed by atoms with van der Waals surface area (Å²) < 4.78 is 9.84. The molecule has 132 valence electrons. The van der Waals surface area contributed by atoms with Crippen molar-refractivity contribution in [3.63, 3.8) is 0 Å². The van der Waals surface area contributed by atoms with Crippen LogP contribution < -0.4 is 0 Å². The Morgan fingerprint density at radius 2 is 1.96 bits per heavy atom. The number of esters is 2. The molecule has 3 rings (SSSR count). The minimum absolute atomic E-state index is 0.130. The summed E-state index contributed by atoms with van der Waals surface area (Å²) in [6.45, 7) is 0.130. The van der Waals surface area contributed by atoms with E-state index in [2.05, 4.69) is 9.72 Å². The topological polar surface area (TPSA) is 65.5 Å². The largest absolute Gasteiger partial charge is 0.465 e. The fourth-order valence-corrected chi connectivity index (χ4v) is 3.61. The maximum Gasteiger partial charge on any atom is 0.337 e. The Balaban J connectivity index is 1.52. The number of thiophene rings is 1. The van der Waals surface area contributed by atoms with Gasteiger partial charge >= 0.3 is 11.9 Å². The minimum Gasteiger partial charge on any atom is -0.465 e. The number of nitrogens with zero attached hydrogens (tertiary/aromatic N) is 1.